The molecule has 0 unspecified atom stereocenters. The average Bonchev–Trinajstić information content (AvgIpc) is 2.52. The second kappa shape index (κ2) is 8.12. The van der Waals surface area contributed by atoms with Crippen LogP contribution in [0.3, 0.4) is 0 Å². The van der Waals surface area contributed by atoms with E-state index in [1.54, 1.807) is 0 Å². The van der Waals surface area contributed by atoms with Gasteiger partial charge in [0, 0.05) is 37.0 Å². The van der Waals surface area contributed by atoms with Crippen LogP contribution in [0.25, 0.3) is 0 Å². The summed E-state index contributed by atoms with van der Waals surface area (Å²) < 4.78 is 0. The van der Waals surface area contributed by atoms with Crippen molar-refractivity contribution in [1.29, 1.82) is 0 Å². The fourth-order valence-corrected chi connectivity index (χ4v) is 2.08. The Morgan fingerprint density at radius 3 is 2.48 bits per heavy atom. The van der Waals surface area contributed by atoms with Crippen molar-refractivity contribution in [2.75, 3.05) is 30.3 Å². The maximum absolute atomic E-state index is 12.0. The lowest BCUT2D eigenvalue weighted by Crippen LogP contribution is -2.29. The smallest absolute Gasteiger partial charge is 0.251 e. The standard InChI is InChI=1S/C17H23N5O/c1-4-18-15-11-13(3)21-17(22-15)20-10-9-19-16(23)14-7-5-12(2)6-8-14/h5-8,11H,4,9-10H2,1-3H3,(H,19,23)(H2,18,20,21,22). The van der Waals surface area contributed by atoms with Gasteiger partial charge in [0.25, 0.3) is 5.91 Å². The minimum Gasteiger partial charge on any atom is -0.370 e. The number of aryl methyl sites for hydroxylation is 2. The molecule has 2 rings (SSSR count). The van der Waals surface area contributed by atoms with Gasteiger partial charge in [-0.05, 0) is 32.9 Å². The summed E-state index contributed by atoms with van der Waals surface area (Å²) in [4.78, 5) is 20.7. The second-order valence-corrected chi connectivity index (χ2v) is 5.30. The highest BCUT2D eigenvalue weighted by Crippen LogP contribution is 2.08. The molecule has 6 heteroatoms. The third-order valence-corrected chi connectivity index (χ3v) is 3.22. The Balaban J connectivity index is 1.81. The second-order valence-electron chi connectivity index (χ2n) is 5.30. The lowest BCUT2D eigenvalue weighted by molar-refractivity contribution is 0.0955. The van der Waals surface area contributed by atoms with Gasteiger partial charge in [-0.2, -0.15) is 4.98 Å². The van der Waals surface area contributed by atoms with Crippen molar-refractivity contribution in [3.63, 3.8) is 0 Å². The van der Waals surface area contributed by atoms with Crippen LogP contribution in [-0.4, -0.2) is 35.5 Å². The fraction of sp³-hybridized carbons (Fsp3) is 0.353. The van der Waals surface area contributed by atoms with Gasteiger partial charge in [-0.15, -0.1) is 0 Å². The van der Waals surface area contributed by atoms with Crippen molar-refractivity contribution in [2.45, 2.75) is 20.8 Å². The van der Waals surface area contributed by atoms with Crippen LogP contribution in [0.5, 0.6) is 0 Å². The number of benzene rings is 1. The Morgan fingerprint density at radius 1 is 1.04 bits per heavy atom. The van der Waals surface area contributed by atoms with Crippen molar-refractivity contribution >= 4 is 17.7 Å². The number of carbonyl (C=O) groups is 1. The molecule has 1 aromatic carbocycles. The molecular weight excluding hydrogens is 290 g/mol. The predicted molar refractivity (Wildman–Crippen MR) is 92.9 cm³/mol. The molecule has 0 fully saturated rings. The van der Waals surface area contributed by atoms with E-state index in [9.17, 15) is 4.79 Å². The number of aromatic nitrogens is 2. The van der Waals surface area contributed by atoms with Crippen LogP contribution in [0.4, 0.5) is 11.8 Å². The zero-order valence-corrected chi connectivity index (χ0v) is 13.8. The first kappa shape index (κ1) is 16.7. The molecule has 1 amide bonds. The molecule has 0 aliphatic heterocycles. The van der Waals surface area contributed by atoms with E-state index in [0.717, 1.165) is 23.6 Å². The summed E-state index contributed by atoms with van der Waals surface area (Å²) in [6.07, 6.45) is 0. The molecule has 3 N–H and O–H groups in total. The number of amides is 1. The van der Waals surface area contributed by atoms with Gasteiger partial charge in [-0.1, -0.05) is 17.7 Å². The van der Waals surface area contributed by atoms with Crippen LogP contribution in [-0.2, 0) is 0 Å². The third kappa shape index (κ3) is 5.25. The molecule has 2 aromatic rings. The SMILES string of the molecule is CCNc1cc(C)nc(NCCNC(=O)c2ccc(C)cc2)n1. The van der Waals surface area contributed by atoms with Crippen molar-refractivity contribution in [3.8, 4) is 0 Å². The molecule has 0 aliphatic rings. The van der Waals surface area contributed by atoms with Gasteiger partial charge in [-0.3, -0.25) is 4.79 Å². The first-order valence-corrected chi connectivity index (χ1v) is 7.77. The van der Waals surface area contributed by atoms with E-state index in [0.29, 0.717) is 24.6 Å². The Hall–Kier alpha value is -2.63. The van der Waals surface area contributed by atoms with E-state index in [2.05, 4.69) is 25.9 Å². The molecule has 0 atom stereocenters. The van der Waals surface area contributed by atoms with E-state index in [4.69, 9.17) is 0 Å². The molecule has 0 bridgehead atoms. The quantitative estimate of drug-likeness (QED) is 0.684. The summed E-state index contributed by atoms with van der Waals surface area (Å²) in [5.41, 5.74) is 2.69. The molecule has 122 valence electrons. The summed E-state index contributed by atoms with van der Waals surface area (Å²) in [7, 11) is 0. The van der Waals surface area contributed by atoms with Gasteiger partial charge in [0.15, 0.2) is 0 Å². The molecule has 0 saturated heterocycles. The van der Waals surface area contributed by atoms with E-state index in [-0.39, 0.29) is 5.91 Å². The third-order valence-electron chi connectivity index (χ3n) is 3.22. The predicted octanol–water partition coefficient (Wildman–Crippen LogP) is 2.37. The van der Waals surface area contributed by atoms with E-state index < -0.39 is 0 Å². The molecule has 23 heavy (non-hydrogen) atoms. The number of nitrogens with zero attached hydrogens (tertiary/aromatic N) is 2. The number of hydrogen-bond acceptors (Lipinski definition) is 5. The van der Waals surface area contributed by atoms with Crippen LogP contribution in [0, 0.1) is 13.8 Å². The number of carbonyl (C=O) groups excluding carboxylic acids is 1. The summed E-state index contributed by atoms with van der Waals surface area (Å²) in [6, 6.07) is 9.40. The van der Waals surface area contributed by atoms with E-state index in [1.165, 1.54) is 0 Å². The van der Waals surface area contributed by atoms with Crippen molar-refractivity contribution < 1.29 is 4.79 Å². The van der Waals surface area contributed by atoms with Crippen molar-refractivity contribution in [3.05, 3.63) is 47.2 Å². The molecule has 1 heterocycles. The normalized spacial score (nSPS) is 10.2. The Morgan fingerprint density at radius 2 is 1.78 bits per heavy atom. The molecular formula is C17H23N5O. The Labute approximate surface area is 136 Å². The highest BCUT2D eigenvalue weighted by Gasteiger charge is 2.04. The van der Waals surface area contributed by atoms with Crippen LogP contribution in [0.2, 0.25) is 0 Å². The first-order chi connectivity index (χ1) is 11.1. The maximum atomic E-state index is 12.0. The first-order valence-electron chi connectivity index (χ1n) is 7.77. The summed E-state index contributed by atoms with van der Waals surface area (Å²) in [6.45, 7) is 7.81. The molecule has 0 aliphatic carbocycles. The highest BCUT2D eigenvalue weighted by molar-refractivity contribution is 5.94. The van der Waals surface area contributed by atoms with Gasteiger partial charge in [-0.25, -0.2) is 4.98 Å². The largest absolute Gasteiger partial charge is 0.370 e. The van der Waals surface area contributed by atoms with Gasteiger partial charge >= 0.3 is 0 Å². The monoisotopic (exact) mass is 313 g/mol. The van der Waals surface area contributed by atoms with Crippen LogP contribution >= 0.6 is 0 Å². The van der Waals surface area contributed by atoms with E-state index in [1.807, 2.05) is 51.1 Å². The Bertz CT molecular complexity index is 655. The molecule has 1 aromatic heterocycles. The maximum Gasteiger partial charge on any atom is 0.251 e. The van der Waals surface area contributed by atoms with Crippen molar-refractivity contribution in [1.82, 2.24) is 15.3 Å². The summed E-state index contributed by atoms with van der Waals surface area (Å²) >= 11 is 0. The van der Waals surface area contributed by atoms with Crippen LogP contribution in [0.1, 0.15) is 28.5 Å². The van der Waals surface area contributed by atoms with Gasteiger partial charge in [0.1, 0.15) is 5.82 Å². The molecule has 6 nitrogen and oxygen atoms in total. The average molecular weight is 313 g/mol. The number of anilines is 2. The lowest BCUT2D eigenvalue weighted by atomic mass is 10.1. The van der Waals surface area contributed by atoms with Crippen molar-refractivity contribution in [2.24, 2.45) is 0 Å². The summed E-state index contributed by atoms with van der Waals surface area (Å²) in [5.74, 6) is 1.28. The van der Waals surface area contributed by atoms with Gasteiger partial charge in [0.2, 0.25) is 5.95 Å². The molecule has 0 radical (unpaired) electrons. The minimum absolute atomic E-state index is 0.0784. The van der Waals surface area contributed by atoms with Crippen LogP contribution < -0.4 is 16.0 Å². The fourth-order valence-electron chi connectivity index (χ4n) is 2.08. The van der Waals surface area contributed by atoms with E-state index >= 15 is 0 Å². The van der Waals surface area contributed by atoms with Gasteiger partial charge in [0.05, 0.1) is 0 Å². The highest BCUT2D eigenvalue weighted by atomic mass is 16.1. The topological polar surface area (TPSA) is 78.9 Å². The zero-order valence-electron chi connectivity index (χ0n) is 13.8. The number of hydrogen-bond donors (Lipinski definition) is 3. The molecule has 0 saturated carbocycles. The Kier molecular flexibility index (Phi) is 5.91. The minimum atomic E-state index is -0.0784. The van der Waals surface area contributed by atoms with Crippen LogP contribution in [0.15, 0.2) is 30.3 Å². The number of rotatable bonds is 7. The molecule has 0 spiro atoms. The zero-order chi connectivity index (χ0) is 16.7. The summed E-state index contributed by atoms with van der Waals surface area (Å²) in [5, 5.41) is 9.16. The number of nitrogens with one attached hydrogen (secondary N) is 3. The van der Waals surface area contributed by atoms with Gasteiger partial charge < -0.3 is 16.0 Å². The lowest BCUT2D eigenvalue weighted by Gasteiger charge is -2.09.